The van der Waals surface area contributed by atoms with Crippen LogP contribution >= 0.6 is 0 Å². The van der Waals surface area contributed by atoms with Gasteiger partial charge >= 0.3 is 0 Å². The Bertz CT molecular complexity index is 507. The van der Waals surface area contributed by atoms with Gasteiger partial charge in [-0.1, -0.05) is 0 Å². The second-order valence-corrected chi connectivity index (χ2v) is 3.18. The smallest absolute Gasteiger partial charge is 0.287 e. The highest BCUT2D eigenvalue weighted by Crippen LogP contribution is 2.13. The molecule has 0 amide bonds. The molecule has 0 fully saturated rings. The number of benzene rings is 1. The van der Waals surface area contributed by atoms with E-state index in [0.717, 1.165) is 5.75 Å². The summed E-state index contributed by atoms with van der Waals surface area (Å²) < 4.78 is 11.5. The monoisotopic (exact) mass is 205 g/mol. The molecule has 4 nitrogen and oxygen atoms in total. The Morgan fingerprint density at radius 2 is 1.93 bits per heavy atom. The lowest BCUT2D eigenvalue weighted by atomic mass is 10.3. The first kappa shape index (κ1) is 9.58. The van der Waals surface area contributed by atoms with Gasteiger partial charge in [0.1, 0.15) is 11.5 Å². The second-order valence-electron chi connectivity index (χ2n) is 3.18. The quantitative estimate of drug-likeness (QED) is 0.750. The minimum Gasteiger partial charge on any atom is -0.497 e. The van der Waals surface area contributed by atoms with Crippen LogP contribution in [-0.2, 0) is 0 Å². The normalized spacial score (nSPS) is 10.3. The summed E-state index contributed by atoms with van der Waals surface area (Å²) in [6.07, 6.45) is 0. The highest BCUT2D eigenvalue weighted by Gasteiger charge is 2.04. The average molecular weight is 205 g/mol. The van der Waals surface area contributed by atoms with Gasteiger partial charge in [-0.3, -0.25) is 4.79 Å². The van der Waals surface area contributed by atoms with Gasteiger partial charge in [0, 0.05) is 6.07 Å². The predicted octanol–water partition coefficient (Wildman–Crippen LogP) is 1.75. The third kappa shape index (κ3) is 1.79. The van der Waals surface area contributed by atoms with E-state index < -0.39 is 0 Å². The van der Waals surface area contributed by atoms with Gasteiger partial charge in [-0.2, -0.15) is 0 Å². The van der Waals surface area contributed by atoms with Crippen molar-refractivity contribution in [2.75, 3.05) is 7.11 Å². The van der Waals surface area contributed by atoms with E-state index in [2.05, 4.69) is 0 Å². The van der Waals surface area contributed by atoms with Gasteiger partial charge in [0.2, 0.25) is 0 Å². The summed E-state index contributed by atoms with van der Waals surface area (Å²) in [6.45, 7) is 1.74. The molecule has 0 atom stereocenters. The van der Waals surface area contributed by atoms with Crippen molar-refractivity contribution < 1.29 is 9.26 Å². The second kappa shape index (κ2) is 3.65. The number of methoxy groups -OCH3 is 1. The molecule has 0 radical (unpaired) electrons. The molecule has 1 aromatic carbocycles. The molecule has 0 N–H and O–H groups in total. The molecule has 2 rings (SSSR count). The van der Waals surface area contributed by atoms with Gasteiger partial charge in [-0.25, -0.2) is 0 Å². The third-order valence-electron chi connectivity index (χ3n) is 2.07. The highest BCUT2D eigenvalue weighted by molar-refractivity contribution is 5.36. The van der Waals surface area contributed by atoms with E-state index >= 15 is 0 Å². The van der Waals surface area contributed by atoms with Crippen molar-refractivity contribution in [3.63, 3.8) is 0 Å². The number of aryl methyl sites for hydroxylation is 1. The summed E-state index contributed by atoms with van der Waals surface area (Å²) in [7, 11) is 1.60. The summed E-state index contributed by atoms with van der Waals surface area (Å²) in [5.41, 5.74) is 0.520. The van der Waals surface area contributed by atoms with Crippen molar-refractivity contribution in [3.8, 4) is 11.4 Å². The SMILES string of the molecule is COc1ccc(-n2oc(C)cc2=O)cc1. The van der Waals surface area contributed by atoms with Gasteiger partial charge in [-0.15, -0.1) is 4.74 Å². The molecule has 0 bridgehead atoms. The van der Waals surface area contributed by atoms with Crippen LogP contribution < -0.4 is 10.3 Å². The largest absolute Gasteiger partial charge is 0.497 e. The van der Waals surface area contributed by atoms with Crippen LogP contribution in [0.3, 0.4) is 0 Å². The molecule has 0 aliphatic heterocycles. The minimum atomic E-state index is -0.169. The number of hydrogen-bond donors (Lipinski definition) is 0. The Morgan fingerprint density at radius 1 is 1.27 bits per heavy atom. The zero-order valence-corrected chi connectivity index (χ0v) is 8.56. The molecule has 0 aliphatic carbocycles. The van der Waals surface area contributed by atoms with Crippen LogP contribution in [0.2, 0.25) is 0 Å². The Hall–Kier alpha value is -1.97. The van der Waals surface area contributed by atoms with Crippen LogP contribution in [-0.4, -0.2) is 11.8 Å². The topological polar surface area (TPSA) is 44.4 Å². The molecular formula is C11H11NO3. The summed E-state index contributed by atoms with van der Waals surface area (Å²) in [5, 5.41) is 0. The molecule has 1 aromatic heterocycles. The van der Waals surface area contributed by atoms with Gasteiger partial charge in [-0.05, 0) is 31.2 Å². The molecule has 0 aliphatic rings. The van der Waals surface area contributed by atoms with Crippen molar-refractivity contribution in [2.45, 2.75) is 6.92 Å². The fourth-order valence-corrected chi connectivity index (χ4v) is 1.35. The number of rotatable bonds is 2. The highest BCUT2D eigenvalue weighted by atomic mass is 16.5. The van der Waals surface area contributed by atoms with Crippen LogP contribution in [0.1, 0.15) is 5.76 Å². The van der Waals surface area contributed by atoms with Crippen molar-refractivity contribution >= 4 is 0 Å². The summed E-state index contributed by atoms with van der Waals surface area (Å²) in [4.78, 5) is 11.4. The number of nitrogens with zero attached hydrogens (tertiary/aromatic N) is 1. The fourth-order valence-electron chi connectivity index (χ4n) is 1.35. The van der Waals surface area contributed by atoms with Gasteiger partial charge in [0.05, 0.1) is 12.8 Å². The first-order valence-electron chi connectivity index (χ1n) is 4.55. The van der Waals surface area contributed by atoms with Crippen molar-refractivity contribution in [2.24, 2.45) is 0 Å². The number of ether oxygens (including phenoxy) is 1. The van der Waals surface area contributed by atoms with Crippen LogP contribution in [0.25, 0.3) is 5.69 Å². The lowest BCUT2D eigenvalue weighted by molar-refractivity contribution is 0.322. The summed E-state index contributed by atoms with van der Waals surface area (Å²) in [5.74, 6) is 1.34. The summed E-state index contributed by atoms with van der Waals surface area (Å²) in [6, 6.07) is 8.54. The summed E-state index contributed by atoms with van der Waals surface area (Å²) >= 11 is 0. The average Bonchev–Trinajstić information content (AvgIpc) is 2.58. The fraction of sp³-hybridized carbons (Fsp3) is 0.182. The molecule has 2 aromatic rings. The van der Waals surface area contributed by atoms with E-state index in [9.17, 15) is 4.79 Å². The van der Waals surface area contributed by atoms with E-state index in [1.807, 2.05) is 0 Å². The van der Waals surface area contributed by atoms with E-state index in [1.165, 1.54) is 10.8 Å². The van der Waals surface area contributed by atoms with Crippen molar-refractivity contribution in [1.29, 1.82) is 0 Å². The predicted molar refractivity (Wildman–Crippen MR) is 55.6 cm³/mol. The Kier molecular flexibility index (Phi) is 2.33. The lowest BCUT2D eigenvalue weighted by Gasteiger charge is -2.01. The molecule has 0 unspecified atom stereocenters. The molecule has 0 saturated heterocycles. The molecule has 0 saturated carbocycles. The standard InChI is InChI=1S/C11H11NO3/c1-8-7-11(13)12(15-8)9-3-5-10(14-2)6-4-9/h3-7H,1-2H3. The van der Waals surface area contributed by atoms with E-state index in [4.69, 9.17) is 9.26 Å². The number of aromatic nitrogens is 1. The van der Waals surface area contributed by atoms with Crippen LogP contribution in [0, 0.1) is 6.92 Å². The van der Waals surface area contributed by atoms with Gasteiger partial charge in [0.15, 0.2) is 0 Å². The molecule has 78 valence electrons. The lowest BCUT2D eigenvalue weighted by Crippen LogP contribution is -2.10. The third-order valence-corrected chi connectivity index (χ3v) is 2.07. The van der Waals surface area contributed by atoms with Crippen molar-refractivity contribution in [3.05, 3.63) is 46.4 Å². The van der Waals surface area contributed by atoms with Gasteiger partial charge in [0.25, 0.3) is 5.56 Å². The Balaban J connectivity index is 2.45. The zero-order chi connectivity index (χ0) is 10.8. The van der Waals surface area contributed by atoms with E-state index in [-0.39, 0.29) is 5.56 Å². The molecular weight excluding hydrogens is 194 g/mol. The van der Waals surface area contributed by atoms with Crippen LogP contribution in [0.15, 0.2) is 39.6 Å². The maximum absolute atomic E-state index is 11.4. The Morgan fingerprint density at radius 3 is 2.40 bits per heavy atom. The van der Waals surface area contributed by atoms with Crippen LogP contribution in [0.4, 0.5) is 0 Å². The molecule has 15 heavy (non-hydrogen) atoms. The van der Waals surface area contributed by atoms with E-state index in [1.54, 1.807) is 38.3 Å². The van der Waals surface area contributed by atoms with Gasteiger partial charge < -0.3 is 9.26 Å². The van der Waals surface area contributed by atoms with Crippen molar-refractivity contribution in [1.82, 2.24) is 4.74 Å². The zero-order valence-electron chi connectivity index (χ0n) is 8.56. The first-order valence-corrected chi connectivity index (χ1v) is 4.55. The maximum atomic E-state index is 11.4. The maximum Gasteiger partial charge on any atom is 0.287 e. The van der Waals surface area contributed by atoms with Crippen LogP contribution in [0.5, 0.6) is 5.75 Å². The Labute approximate surface area is 86.7 Å². The number of hydrogen-bond acceptors (Lipinski definition) is 3. The minimum absolute atomic E-state index is 0.169. The molecule has 1 heterocycles. The molecule has 0 spiro atoms. The van der Waals surface area contributed by atoms with E-state index in [0.29, 0.717) is 11.4 Å². The molecule has 4 heteroatoms. The first-order chi connectivity index (χ1) is 7.20.